The Kier molecular flexibility index (Phi) is 8.90. The van der Waals surface area contributed by atoms with E-state index in [0.29, 0.717) is 17.7 Å². The van der Waals surface area contributed by atoms with Gasteiger partial charge in [0.05, 0.1) is 11.3 Å². The smallest absolute Gasteiger partial charge is 0.259 e. The van der Waals surface area contributed by atoms with Crippen LogP contribution in [0.25, 0.3) is 0 Å². The summed E-state index contributed by atoms with van der Waals surface area (Å²) in [5, 5.41) is 5.84. The molecule has 0 heterocycles. The highest BCUT2D eigenvalue weighted by Crippen LogP contribution is 2.33. The number of carbonyl (C=O) groups excluding carboxylic acids is 1. The topological polar surface area (TPSA) is 75.8 Å². The van der Waals surface area contributed by atoms with Crippen LogP contribution in [0.5, 0.6) is 0 Å². The van der Waals surface area contributed by atoms with Crippen molar-refractivity contribution < 1.29 is 17.8 Å². The standard InChI is InChI=1S/C25H35F2N3O2S/c1-15(2)20-11-19(17(5)26)12-21(16(3)4)22(20)13-25(31)29-33(28,32)24-9-8-18(10-23(24)27)14-30(6)7/h8-12,15-17H,13-14H2,1-7H3,(H2,28,29,31,32). The minimum Gasteiger partial charge on any atom is -0.305 e. The van der Waals surface area contributed by atoms with E-state index in [9.17, 15) is 17.8 Å². The molecular formula is C25H35F2N3O2S. The van der Waals surface area contributed by atoms with E-state index in [4.69, 9.17) is 5.14 Å². The monoisotopic (exact) mass is 479 g/mol. The van der Waals surface area contributed by atoms with Gasteiger partial charge in [-0.2, -0.15) is 0 Å². The lowest BCUT2D eigenvalue weighted by atomic mass is 9.84. The fourth-order valence-electron chi connectivity index (χ4n) is 3.83. The normalized spacial score (nSPS) is 14.6. The Labute approximate surface area is 196 Å². The molecule has 0 spiro atoms. The van der Waals surface area contributed by atoms with Gasteiger partial charge in [-0.1, -0.05) is 45.9 Å². The zero-order chi connectivity index (χ0) is 25.1. The first-order chi connectivity index (χ1) is 15.2. The van der Waals surface area contributed by atoms with Crippen molar-refractivity contribution in [1.82, 2.24) is 4.90 Å². The summed E-state index contributed by atoms with van der Waals surface area (Å²) in [4.78, 5) is 14.4. The van der Waals surface area contributed by atoms with Crippen LogP contribution < -0.4 is 5.14 Å². The van der Waals surface area contributed by atoms with Crippen molar-refractivity contribution in [2.24, 2.45) is 9.50 Å². The minimum absolute atomic E-state index is 0.0351. The number of carbonyl (C=O) groups is 1. The van der Waals surface area contributed by atoms with Crippen LogP contribution in [0.15, 0.2) is 39.6 Å². The number of halogens is 2. The van der Waals surface area contributed by atoms with Gasteiger partial charge in [0.1, 0.15) is 21.9 Å². The highest BCUT2D eigenvalue weighted by atomic mass is 32.2. The van der Waals surface area contributed by atoms with E-state index < -0.39 is 27.8 Å². The quantitative estimate of drug-likeness (QED) is 0.533. The van der Waals surface area contributed by atoms with Crippen LogP contribution >= 0.6 is 0 Å². The Morgan fingerprint density at radius 1 is 1.06 bits per heavy atom. The lowest BCUT2D eigenvalue weighted by molar-refractivity contribution is -0.117. The zero-order valence-corrected chi connectivity index (χ0v) is 21.3. The first kappa shape index (κ1) is 27.1. The maximum atomic E-state index is 14.6. The number of hydrogen-bond acceptors (Lipinski definition) is 3. The fraction of sp³-hybridized carbons (Fsp3) is 0.480. The molecule has 0 aliphatic carbocycles. The molecule has 2 N–H and O–H groups in total. The van der Waals surface area contributed by atoms with E-state index in [-0.39, 0.29) is 23.2 Å². The summed E-state index contributed by atoms with van der Waals surface area (Å²) >= 11 is 0. The Balaban J connectivity index is 2.48. The lowest BCUT2D eigenvalue weighted by Gasteiger charge is -2.21. The number of nitrogens with two attached hydrogens (primary N) is 1. The van der Waals surface area contributed by atoms with E-state index in [0.717, 1.165) is 16.7 Å². The maximum Gasteiger partial charge on any atom is 0.259 e. The van der Waals surface area contributed by atoms with E-state index in [2.05, 4.69) is 4.36 Å². The Hall–Kier alpha value is -2.16. The van der Waals surface area contributed by atoms with Gasteiger partial charge in [-0.3, -0.25) is 4.79 Å². The van der Waals surface area contributed by atoms with Gasteiger partial charge in [-0.15, -0.1) is 4.36 Å². The fourth-order valence-corrected chi connectivity index (χ4v) is 4.90. The zero-order valence-electron chi connectivity index (χ0n) is 20.5. The molecule has 0 aliphatic heterocycles. The molecular weight excluding hydrogens is 444 g/mol. The van der Waals surface area contributed by atoms with Crippen molar-refractivity contribution in [2.75, 3.05) is 14.1 Å². The molecule has 0 aliphatic rings. The van der Waals surface area contributed by atoms with Gasteiger partial charge in [0.2, 0.25) is 0 Å². The molecule has 0 bridgehead atoms. The molecule has 5 nitrogen and oxygen atoms in total. The summed E-state index contributed by atoms with van der Waals surface area (Å²) in [5.74, 6) is -1.39. The second-order valence-electron chi connectivity index (χ2n) is 9.34. The van der Waals surface area contributed by atoms with Gasteiger partial charge in [-0.05, 0) is 72.8 Å². The molecule has 2 aromatic carbocycles. The largest absolute Gasteiger partial charge is 0.305 e. The molecule has 2 rings (SSSR count). The van der Waals surface area contributed by atoms with Gasteiger partial charge in [0.25, 0.3) is 5.91 Å². The number of amides is 1. The van der Waals surface area contributed by atoms with Crippen LogP contribution in [-0.4, -0.2) is 29.1 Å². The summed E-state index contributed by atoms with van der Waals surface area (Å²) in [6.45, 7) is 9.85. The molecule has 0 saturated carbocycles. The molecule has 2 atom stereocenters. The summed E-state index contributed by atoms with van der Waals surface area (Å²) < 4.78 is 45.5. The van der Waals surface area contributed by atoms with Gasteiger partial charge < -0.3 is 4.90 Å². The second-order valence-corrected chi connectivity index (χ2v) is 11.1. The predicted molar refractivity (Wildman–Crippen MR) is 130 cm³/mol. The third kappa shape index (κ3) is 6.91. The SMILES string of the molecule is CC(C)c1cc(C(C)F)cc(C(C)C)c1CC(=O)N=S(N)(=O)c1ccc(CN(C)C)cc1F. The number of benzene rings is 2. The maximum absolute atomic E-state index is 14.6. The van der Waals surface area contributed by atoms with Crippen LogP contribution in [0.1, 0.15) is 80.4 Å². The Morgan fingerprint density at radius 3 is 2.03 bits per heavy atom. The third-order valence-corrected chi connectivity index (χ3v) is 6.86. The molecule has 8 heteroatoms. The third-order valence-electron chi connectivity index (χ3n) is 5.42. The van der Waals surface area contributed by atoms with E-state index >= 15 is 0 Å². The highest BCUT2D eigenvalue weighted by Gasteiger charge is 2.22. The van der Waals surface area contributed by atoms with Gasteiger partial charge in [0.15, 0.2) is 0 Å². The number of alkyl halides is 1. The minimum atomic E-state index is -3.77. The van der Waals surface area contributed by atoms with E-state index in [1.54, 1.807) is 18.2 Å². The van der Waals surface area contributed by atoms with Crippen LogP contribution in [0.2, 0.25) is 0 Å². The van der Waals surface area contributed by atoms with E-state index in [1.807, 2.05) is 46.7 Å². The number of rotatable bonds is 8. The van der Waals surface area contributed by atoms with Crippen LogP contribution in [0.3, 0.4) is 0 Å². The van der Waals surface area contributed by atoms with E-state index in [1.165, 1.54) is 19.1 Å². The van der Waals surface area contributed by atoms with Gasteiger partial charge in [0, 0.05) is 6.54 Å². The highest BCUT2D eigenvalue weighted by molar-refractivity contribution is 7.91. The predicted octanol–water partition coefficient (Wildman–Crippen LogP) is 5.63. The molecule has 1 amide bonds. The van der Waals surface area contributed by atoms with Crippen LogP contribution in [-0.2, 0) is 27.7 Å². The first-order valence-corrected chi connectivity index (χ1v) is 12.6. The van der Waals surface area contributed by atoms with Crippen LogP contribution in [0, 0.1) is 5.82 Å². The Bertz CT molecular complexity index is 1110. The van der Waals surface area contributed by atoms with Crippen molar-refractivity contribution in [3.63, 3.8) is 0 Å². The number of hydrogen-bond donors (Lipinski definition) is 1. The molecule has 0 aromatic heterocycles. The van der Waals surface area contributed by atoms with Crippen molar-refractivity contribution in [1.29, 1.82) is 0 Å². The van der Waals surface area contributed by atoms with Crippen molar-refractivity contribution in [3.8, 4) is 0 Å². The molecule has 2 aromatic rings. The summed E-state index contributed by atoms with van der Waals surface area (Å²) in [7, 11) is -0.0651. The summed E-state index contributed by atoms with van der Waals surface area (Å²) in [6.07, 6.45) is -1.29. The van der Waals surface area contributed by atoms with Crippen molar-refractivity contribution in [2.45, 2.75) is 70.5 Å². The van der Waals surface area contributed by atoms with Crippen molar-refractivity contribution >= 4 is 15.8 Å². The molecule has 182 valence electrons. The number of nitrogens with zero attached hydrogens (tertiary/aromatic N) is 2. The molecule has 0 fully saturated rings. The molecule has 0 saturated heterocycles. The molecule has 2 unspecified atom stereocenters. The lowest BCUT2D eigenvalue weighted by Crippen LogP contribution is -2.19. The molecule has 0 radical (unpaired) electrons. The summed E-state index contributed by atoms with van der Waals surface area (Å²) in [6, 6.07) is 7.74. The summed E-state index contributed by atoms with van der Waals surface area (Å²) in [5.41, 5.74) is 3.65. The van der Waals surface area contributed by atoms with Gasteiger partial charge >= 0.3 is 0 Å². The Morgan fingerprint density at radius 2 is 1.61 bits per heavy atom. The van der Waals surface area contributed by atoms with Crippen LogP contribution in [0.4, 0.5) is 8.78 Å². The molecule has 33 heavy (non-hydrogen) atoms. The average Bonchev–Trinajstić information content (AvgIpc) is 2.66. The van der Waals surface area contributed by atoms with Crippen molar-refractivity contribution in [3.05, 3.63) is 64.0 Å². The average molecular weight is 480 g/mol. The first-order valence-electron chi connectivity index (χ1n) is 11.0. The second kappa shape index (κ2) is 10.8. The van der Waals surface area contributed by atoms with Gasteiger partial charge in [-0.25, -0.2) is 18.1 Å².